The molecule has 0 aromatic heterocycles. The second-order valence-electron chi connectivity index (χ2n) is 7.11. The SMILES string of the molecule is CC(C)(C)NC(=O)C1CC(=O)N(Cc2ccc(OC(F)(F)F)cc2)C1. The van der Waals surface area contributed by atoms with E-state index >= 15 is 0 Å². The van der Waals surface area contributed by atoms with Crippen molar-refractivity contribution in [1.82, 2.24) is 10.2 Å². The summed E-state index contributed by atoms with van der Waals surface area (Å²) in [5, 5.41) is 2.85. The lowest BCUT2D eigenvalue weighted by atomic mass is 10.0. The molecular formula is C17H21F3N2O3. The third kappa shape index (κ3) is 5.95. The number of benzene rings is 1. The van der Waals surface area contributed by atoms with E-state index < -0.39 is 12.3 Å². The van der Waals surface area contributed by atoms with Crippen LogP contribution in [0, 0.1) is 5.92 Å². The fourth-order valence-electron chi connectivity index (χ4n) is 2.59. The fraction of sp³-hybridized carbons (Fsp3) is 0.529. The number of rotatable bonds is 4. The predicted octanol–water partition coefficient (Wildman–Crippen LogP) is 2.85. The van der Waals surface area contributed by atoms with Crippen LogP contribution in [0.25, 0.3) is 0 Å². The minimum absolute atomic E-state index is 0.136. The molecule has 1 fully saturated rings. The summed E-state index contributed by atoms with van der Waals surface area (Å²) in [5.74, 6) is -1.05. The first-order valence-corrected chi connectivity index (χ1v) is 7.87. The maximum atomic E-state index is 12.2. The molecule has 138 valence electrons. The topological polar surface area (TPSA) is 58.6 Å². The van der Waals surface area contributed by atoms with Gasteiger partial charge in [0, 0.05) is 25.0 Å². The molecule has 0 spiro atoms. The second-order valence-corrected chi connectivity index (χ2v) is 7.11. The van der Waals surface area contributed by atoms with Gasteiger partial charge in [0.1, 0.15) is 5.75 Å². The number of nitrogens with one attached hydrogen (secondary N) is 1. The van der Waals surface area contributed by atoms with Crippen LogP contribution in [0.1, 0.15) is 32.8 Å². The van der Waals surface area contributed by atoms with Crippen molar-refractivity contribution in [3.8, 4) is 5.75 Å². The summed E-state index contributed by atoms with van der Waals surface area (Å²) >= 11 is 0. The molecule has 2 rings (SSSR count). The Labute approximate surface area is 144 Å². The molecule has 0 bridgehead atoms. The molecule has 0 radical (unpaired) electrons. The van der Waals surface area contributed by atoms with Gasteiger partial charge in [0.25, 0.3) is 0 Å². The van der Waals surface area contributed by atoms with Crippen molar-refractivity contribution < 1.29 is 27.5 Å². The molecule has 0 saturated carbocycles. The molecular weight excluding hydrogens is 337 g/mol. The van der Waals surface area contributed by atoms with Crippen LogP contribution in [0.5, 0.6) is 5.75 Å². The van der Waals surface area contributed by atoms with E-state index in [1.165, 1.54) is 29.2 Å². The smallest absolute Gasteiger partial charge is 0.406 e. The van der Waals surface area contributed by atoms with Gasteiger partial charge in [-0.15, -0.1) is 13.2 Å². The Morgan fingerprint density at radius 2 is 1.84 bits per heavy atom. The fourth-order valence-corrected chi connectivity index (χ4v) is 2.59. The van der Waals surface area contributed by atoms with Gasteiger partial charge in [-0.1, -0.05) is 12.1 Å². The number of carbonyl (C=O) groups is 2. The minimum atomic E-state index is -4.74. The Balaban J connectivity index is 1.94. The van der Waals surface area contributed by atoms with E-state index in [0.29, 0.717) is 12.1 Å². The zero-order chi connectivity index (χ0) is 18.8. The van der Waals surface area contributed by atoms with E-state index in [4.69, 9.17) is 0 Å². The molecule has 25 heavy (non-hydrogen) atoms. The van der Waals surface area contributed by atoms with Crippen LogP contribution in [-0.2, 0) is 16.1 Å². The third-order valence-electron chi connectivity index (χ3n) is 3.61. The molecule has 1 unspecified atom stereocenters. The van der Waals surface area contributed by atoms with E-state index in [-0.39, 0.29) is 36.1 Å². The summed E-state index contributed by atoms with van der Waals surface area (Å²) in [4.78, 5) is 25.8. The average Bonchev–Trinajstić information content (AvgIpc) is 2.79. The maximum absolute atomic E-state index is 12.2. The van der Waals surface area contributed by atoms with Crippen molar-refractivity contribution in [2.24, 2.45) is 5.92 Å². The lowest BCUT2D eigenvalue weighted by Crippen LogP contribution is -2.44. The zero-order valence-electron chi connectivity index (χ0n) is 14.3. The molecule has 1 N–H and O–H groups in total. The zero-order valence-corrected chi connectivity index (χ0v) is 14.3. The van der Waals surface area contributed by atoms with Crippen molar-refractivity contribution >= 4 is 11.8 Å². The van der Waals surface area contributed by atoms with Gasteiger partial charge in [-0.3, -0.25) is 9.59 Å². The van der Waals surface area contributed by atoms with Crippen molar-refractivity contribution in [1.29, 1.82) is 0 Å². The molecule has 1 aliphatic rings. The van der Waals surface area contributed by atoms with Crippen molar-refractivity contribution in [3.05, 3.63) is 29.8 Å². The summed E-state index contributed by atoms with van der Waals surface area (Å²) in [6, 6.07) is 5.34. The van der Waals surface area contributed by atoms with Crippen molar-refractivity contribution in [3.63, 3.8) is 0 Å². The Kier molecular flexibility index (Phi) is 5.29. The van der Waals surface area contributed by atoms with Crippen molar-refractivity contribution in [2.45, 2.75) is 45.6 Å². The minimum Gasteiger partial charge on any atom is -0.406 e. The van der Waals surface area contributed by atoms with E-state index in [2.05, 4.69) is 10.1 Å². The highest BCUT2D eigenvalue weighted by Gasteiger charge is 2.35. The summed E-state index contributed by atoms with van der Waals surface area (Å²) in [6.45, 7) is 6.13. The standard InChI is InChI=1S/C17H21F3N2O3/c1-16(2,3)21-15(24)12-8-14(23)22(10-12)9-11-4-6-13(7-5-11)25-17(18,19)20/h4-7,12H,8-10H2,1-3H3,(H,21,24). The van der Waals surface area contributed by atoms with Crippen LogP contribution in [-0.4, -0.2) is 35.2 Å². The van der Waals surface area contributed by atoms with Crippen LogP contribution in [0.15, 0.2) is 24.3 Å². The third-order valence-corrected chi connectivity index (χ3v) is 3.61. The molecule has 2 amide bonds. The van der Waals surface area contributed by atoms with E-state index in [9.17, 15) is 22.8 Å². The molecule has 1 heterocycles. The van der Waals surface area contributed by atoms with Crippen LogP contribution in [0.4, 0.5) is 13.2 Å². The quantitative estimate of drug-likeness (QED) is 0.900. The van der Waals surface area contributed by atoms with E-state index in [0.717, 1.165) is 0 Å². The summed E-state index contributed by atoms with van der Waals surface area (Å²) in [5.41, 5.74) is 0.293. The van der Waals surface area contributed by atoms with Crippen LogP contribution >= 0.6 is 0 Å². The Hall–Kier alpha value is -2.25. The normalized spacial score (nSPS) is 18.4. The van der Waals surface area contributed by atoms with Gasteiger partial charge in [-0.25, -0.2) is 0 Å². The number of halogens is 3. The molecule has 1 aromatic rings. The average molecular weight is 358 g/mol. The molecule has 1 aliphatic heterocycles. The van der Waals surface area contributed by atoms with E-state index in [1.807, 2.05) is 20.8 Å². The van der Waals surface area contributed by atoms with Gasteiger partial charge < -0.3 is 15.0 Å². The van der Waals surface area contributed by atoms with Crippen LogP contribution in [0.3, 0.4) is 0 Å². The lowest BCUT2D eigenvalue weighted by Gasteiger charge is -2.23. The monoisotopic (exact) mass is 358 g/mol. The molecule has 1 atom stereocenters. The Morgan fingerprint density at radius 1 is 1.24 bits per heavy atom. The number of hydrogen-bond acceptors (Lipinski definition) is 3. The largest absolute Gasteiger partial charge is 0.573 e. The Bertz CT molecular complexity index is 636. The number of ether oxygens (including phenoxy) is 1. The number of amides is 2. The van der Waals surface area contributed by atoms with Gasteiger partial charge >= 0.3 is 6.36 Å². The van der Waals surface area contributed by atoms with Crippen LogP contribution in [0.2, 0.25) is 0 Å². The Morgan fingerprint density at radius 3 is 2.36 bits per heavy atom. The number of carbonyl (C=O) groups excluding carboxylic acids is 2. The van der Waals surface area contributed by atoms with Gasteiger partial charge in [0.15, 0.2) is 0 Å². The molecule has 5 nitrogen and oxygen atoms in total. The van der Waals surface area contributed by atoms with Gasteiger partial charge in [-0.2, -0.15) is 0 Å². The lowest BCUT2D eigenvalue weighted by molar-refractivity contribution is -0.274. The molecule has 1 saturated heterocycles. The summed E-state index contributed by atoms with van der Waals surface area (Å²) in [6.07, 6.45) is -4.60. The number of hydrogen-bond donors (Lipinski definition) is 1. The van der Waals surface area contributed by atoms with Gasteiger partial charge in [0.2, 0.25) is 11.8 Å². The van der Waals surface area contributed by atoms with Gasteiger partial charge in [-0.05, 0) is 38.5 Å². The first-order chi connectivity index (χ1) is 11.4. The first-order valence-electron chi connectivity index (χ1n) is 7.87. The summed E-state index contributed by atoms with van der Waals surface area (Å²) < 4.78 is 40.2. The highest BCUT2D eigenvalue weighted by molar-refractivity contribution is 5.89. The maximum Gasteiger partial charge on any atom is 0.573 e. The molecule has 1 aromatic carbocycles. The van der Waals surface area contributed by atoms with Crippen LogP contribution < -0.4 is 10.1 Å². The molecule has 8 heteroatoms. The van der Waals surface area contributed by atoms with E-state index in [1.54, 1.807) is 0 Å². The predicted molar refractivity (Wildman–Crippen MR) is 84.5 cm³/mol. The molecule has 0 aliphatic carbocycles. The number of nitrogens with zero attached hydrogens (tertiary/aromatic N) is 1. The van der Waals surface area contributed by atoms with Crippen molar-refractivity contribution in [2.75, 3.05) is 6.54 Å². The highest BCUT2D eigenvalue weighted by atomic mass is 19.4. The van der Waals surface area contributed by atoms with Gasteiger partial charge in [0.05, 0.1) is 5.92 Å². The first kappa shape index (κ1) is 19.1. The number of likely N-dealkylation sites (tertiary alicyclic amines) is 1. The highest BCUT2D eigenvalue weighted by Crippen LogP contribution is 2.25. The summed E-state index contributed by atoms with van der Waals surface area (Å²) in [7, 11) is 0. The second kappa shape index (κ2) is 6.93. The number of alkyl halides is 3.